The topological polar surface area (TPSA) is 136 Å². The molecule has 30 heavy (non-hydrogen) atoms. The van der Waals surface area contributed by atoms with Gasteiger partial charge in [0.15, 0.2) is 6.61 Å². The van der Waals surface area contributed by atoms with E-state index in [0.29, 0.717) is 0 Å². The van der Waals surface area contributed by atoms with E-state index < -0.39 is 23.4 Å². The summed E-state index contributed by atoms with van der Waals surface area (Å²) in [4.78, 5) is 60.4. The number of imide groups is 1. The number of carbonyl (C=O) groups excluding carboxylic acids is 4. The summed E-state index contributed by atoms with van der Waals surface area (Å²) in [5.74, 6) is -1.62. The first-order valence-corrected chi connectivity index (χ1v) is 9.90. The minimum Gasteiger partial charge on any atom is -0.456 e. The van der Waals surface area contributed by atoms with Crippen LogP contribution in [0.25, 0.3) is 0 Å². The number of nitrogens with one attached hydrogen (secondary N) is 1. The number of carbonyl (C=O) groups is 4. The van der Waals surface area contributed by atoms with Crippen molar-refractivity contribution in [3.8, 4) is 0 Å². The van der Waals surface area contributed by atoms with Crippen LogP contribution in [0.15, 0.2) is 24.3 Å². The highest BCUT2D eigenvalue weighted by molar-refractivity contribution is 6.06. The minimum absolute atomic E-state index is 0.0462. The first kappa shape index (κ1) is 20.0. The molecule has 1 aromatic carbocycles. The zero-order valence-electron chi connectivity index (χ0n) is 16.1. The fourth-order valence-electron chi connectivity index (χ4n) is 5.01. The van der Waals surface area contributed by atoms with Crippen molar-refractivity contribution < 1.29 is 28.8 Å². The Morgan fingerprint density at radius 3 is 2.47 bits per heavy atom. The summed E-state index contributed by atoms with van der Waals surface area (Å²) in [6.45, 7) is -0.617. The zero-order valence-corrected chi connectivity index (χ0v) is 16.1. The van der Waals surface area contributed by atoms with Crippen molar-refractivity contribution >= 4 is 35.1 Å². The summed E-state index contributed by atoms with van der Waals surface area (Å²) >= 11 is 0. The SMILES string of the molecule is O=C(COC(=O)CCN1C(=O)[C@H]2[C@@H]3CC[C@@H](C3)[C@@H]2C1=O)Nc1cccc([N+](=O)[O-])c1. The molecule has 0 unspecified atom stereocenters. The first-order valence-electron chi connectivity index (χ1n) is 9.90. The lowest BCUT2D eigenvalue weighted by molar-refractivity contribution is -0.384. The van der Waals surface area contributed by atoms with Gasteiger partial charge >= 0.3 is 5.97 Å². The second-order valence-corrected chi connectivity index (χ2v) is 7.98. The molecule has 3 amide bonds. The molecular formula is C20H21N3O7. The number of fused-ring (bicyclic) bond motifs is 5. The molecule has 2 aliphatic carbocycles. The van der Waals surface area contributed by atoms with Crippen LogP contribution in [0.1, 0.15) is 25.7 Å². The van der Waals surface area contributed by atoms with E-state index in [4.69, 9.17) is 4.74 Å². The fourth-order valence-corrected chi connectivity index (χ4v) is 5.01. The van der Waals surface area contributed by atoms with Crippen LogP contribution in [0.2, 0.25) is 0 Å². The van der Waals surface area contributed by atoms with Crippen LogP contribution in [0.4, 0.5) is 11.4 Å². The van der Waals surface area contributed by atoms with Crippen molar-refractivity contribution in [2.45, 2.75) is 25.7 Å². The lowest BCUT2D eigenvalue weighted by Gasteiger charge is -2.19. The number of ether oxygens (including phenoxy) is 1. The standard InChI is InChI=1S/C20H21N3O7/c24-15(21-13-2-1-3-14(9-13)23(28)29)10-30-16(25)6-7-22-19(26)17-11-4-5-12(8-11)18(17)20(22)27/h1-3,9,11-12,17-18H,4-8,10H2,(H,21,24)/t11-,12+,17-,18-/m0/s1. The second-order valence-electron chi connectivity index (χ2n) is 7.98. The molecule has 1 saturated heterocycles. The number of hydrogen-bond donors (Lipinski definition) is 1. The predicted molar refractivity (Wildman–Crippen MR) is 102 cm³/mol. The van der Waals surface area contributed by atoms with Crippen molar-refractivity contribution in [1.29, 1.82) is 0 Å². The van der Waals surface area contributed by atoms with Gasteiger partial charge in [0.25, 0.3) is 11.6 Å². The number of non-ortho nitro benzene ring substituents is 1. The van der Waals surface area contributed by atoms with Crippen LogP contribution in [-0.4, -0.2) is 46.7 Å². The monoisotopic (exact) mass is 415 g/mol. The summed E-state index contributed by atoms with van der Waals surface area (Å²) < 4.78 is 4.90. The van der Waals surface area contributed by atoms with E-state index in [1.807, 2.05) is 0 Å². The molecule has 0 radical (unpaired) electrons. The maximum Gasteiger partial charge on any atom is 0.308 e. The number of nitrogens with zero attached hydrogens (tertiary/aromatic N) is 2. The van der Waals surface area contributed by atoms with Gasteiger partial charge in [-0.15, -0.1) is 0 Å². The maximum atomic E-state index is 12.6. The highest BCUT2D eigenvalue weighted by Gasteiger charge is 2.60. The summed E-state index contributed by atoms with van der Waals surface area (Å²) in [5.41, 5.74) is 0.0302. The normalized spacial score (nSPS) is 26.6. The average Bonchev–Trinajstić information content (AvgIpc) is 3.39. The van der Waals surface area contributed by atoms with Crippen molar-refractivity contribution in [3.63, 3.8) is 0 Å². The molecule has 4 rings (SSSR count). The second kappa shape index (κ2) is 7.85. The molecule has 1 heterocycles. The van der Waals surface area contributed by atoms with Crippen molar-refractivity contribution in [3.05, 3.63) is 34.4 Å². The quantitative estimate of drug-likeness (QED) is 0.308. The summed E-state index contributed by atoms with van der Waals surface area (Å²) in [7, 11) is 0. The van der Waals surface area contributed by atoms with Crippen molar-refractivity contribution in [2.75, 3.05) is 18.5 Å². The molecule has 1 aliphatic heterocycles. The number of nitro benzene ring substituents is 1. The fraction of sp³-hybridized carbons (Fsp3) is 0.500. The van der Waals surface area contributed by atoms with E-state index >= 15 is 0 Å². The largest absolute Gasteiger partial charge is 0.456 e. The molecule has 1 aromatic rings. The summed E-state index contributed by atoms with van der Waals surface area (Å²) in [6.07, 6.45) is 2.74. The number of benzene rings is 1. The van der Waals surface area contributed by atoms with Gasteiger partial charge in [0.1, 0.15) is 0 Å². The average molecular weight is 415 g/mol. The Kier molecular flexibility index (Phi) is 5.23. The third-order valence-electron chi connectivity index (χ3n) is 6.26. The Morgan fingerprint density at radius 2 is 1.83 bits per heavy atom. The molecule has 1 N–H and O–H groups in total. The Hall–Kier alpha value is -3.30. The number of hydrogen-bond acceptors (Lipinski definition) is 7. The Morgan fingerprint density at radius 1 is 1.17 bits per heavy atom. The van der Waals surface area contributed by atoms with E-state index in [-0.39, 0.29) is 59.8 Å². The highest BCUT2D eigenvalue weighted by Crippen LogP contribution is 2.56. The van der Waals surface area contributed by atoms with Gasteiger partial charge in [-0.05, 0) is 37.2 Å². The number of amides is 3. The molecular weight excluding hydrogens is 394 g/mol. The third kappa shape index (κ3) is 3.64. The van der Waals surface area contributed by atoms with Gasteiger partial charge in [-0.2, -0.15) is 0 Å². The zero-order chi connectivity index (χ0) is 21.4. The molecule has 158 valence electrons. The van der Waals surface area contributed by atoms with Gasteiger partial charge in [0.2, 0.25) is 11.8 Å². The summed E-state index contributed by atoms with van der Waals surface area (Å²) in [6, 6.07) is 5.37. The molecule has 2 saturated carbocycles. The van der Waals surface area contributed by atoms with E-state index in [0.717, 1.165) is 19.3 Å². The number of anilines is 1. The maximum absolute atomic E-state index is 12.6. The molecule has 10 nitrogen and oxygen atoms in total. The molecule has 0 spiro atoms. The van der Waals surface area contributed by atoms with Crippen LogP contribution in [-0.2, 0) is 23.9 Å². The molecule has 3 fully saturated rings. The lowest BCUT2D eigenvalue weighted by Crippen LogP contribution is -2.35. The highest BCUT2D eigenvalue weighted by atomic mass is 16.6. The molecule has 4 atom stereocenters. The van der Waals surface area contributed by atoms with E-state index in [2.05, 4.69) is 5.32 Å². The lowest BCUT2D eigenvalue weighted by atomic mass is 9.81. The van der Waals surface area contributed by atoms with Gasteiger partial charge < -0.3 is 10.1 Å². The molecule has 3 aliphatic rings. The summed E-state index contributed by atoms with van der Waals surface area (Å²) in [5, 5.41) is 13.2. The molecule has 0 aromatic heterocycles. The molecule has 2 bridgehead atoms. The van der Waals surface area contributed by atoms with Gasteiger partial charge in [0.05, 0.1) is 23.2 Å². The van der Waals surface area contributed by atoms with Gasteiger partial charge in [-0.3, -0.25) is 34.2 Å². The van der Waals surface area contributed by atoms with Gasteiger partial charge in [-0.1, -0.05) is 6.07 Å². The van der Waals surface area contributed by atoms with E-state index in [1.165, 1.54) is 29.2 Å². The molecule has 10 heteroatoms. The Balaban J connectivity index is 1.23. The number of likely N-dealkylation sites (tertiary alicyclic amines) is 1. The van der Waals surface area contributed by atoms with E-state index in [1.54, 1.807) is 0 Å². The van der Waals surface area contributed by atoms with Gasteiger partial charge in [-0.25, -0.2) is 0 Å². The van der Waals surface area contributed by atoms with Gasteiger partial charge in [0, 0.05) is 24.4 Å². The number of rotatable bonds is 7. The number of nitro groups is 1. The predicted octanol–water partition coefficient (Wildman–Crippen LogP) is 1.50. The van der Waals surface area contributed by atoms with Crippen molar-refractivity contribution in [2.24, 2.45) is 23.7 Å². The first-order chi connectivity index (χ1) is 14.3. The Labute approximate surface area is 171 Å². The van der Waals surface area contributed by atoms with Crippen LogP contribution in [0, 0.1) is 33.8 Å². The van der Waals surface area contributed by atoms with Crippen molar-refractivity contribution in [1.82, 2.24) is 4.90 Å². The Bertz CT molecular complexity index is 903. The van der Waals surface area contributed by atoms with Crippen LogP contribution in [0.5, 0.6) is 0 Å². The van der Waals surface area contributed by atoms with Crippen LogP contribution in [0.3, 0.4) is 0 Å². The minimum atomic E-state index is -0.704. The third-order valence-corrected chi connectivity index (χ3v) is 6.26. The smallest absolute Gasteiger partial charge is 0.308 e. The van der Waals surface area contributed by atoms with Crippen LogP contribution >= 0.6 is 0 Å². The number of esters is 1. The van der Waals surface area contributed by atoms with Crippen LogP contribution < -0.4 is 5.32 Å². The van der Waals surface area contributed by atoms with E-state index in [9.17, 15) is 29.3 Å².